The number of halogens is 4. The smallest absolute Gasteiger partial charge is 0.0464 e. The number of hydrogen-bond donors (Lipinski definition) is 0. The molecule has 0 aliphatic carbocycles. The summed E-state index contributed by atoms with van der Waals surface area (Å²) in [5.41, 5.74) is 2.34. The van der Waals surface area contributed by atoms with E-state index < -0.39 is 0 Å². The third-order valence-corrected chi connectivity index (χ3v) is 8.53. The molecule has 0 aromatic heterocycles. The summed E-state index contributed by atoms with van der Waals surface area (Å²) in [6, 6.07) is 3.60. The third kappa shape index (κ3) is 11.8. The van der Waals surface area contributed by atoms with E-state index in [1.165, 1.54) is 12.5 Å². The second-order valence-corrected chi connectivity index (χ2v) is 9.31. The van der Waals surface area contributed by atoms with Crippen LogP contribution in [0.4, 0.5) is 0 Å². The Balaban J connectivity index is 3.22. The monoisotopic (exact) mass is 336 g/mol. The van der Waals surface area contributed by atoms with Crippen molar-refractivity contribution in [2.75, 3.05) is 11.8 Å². The molecule has 0 saturated carbocycles. The Kier molecular flexibility index (Phi) is 13.8. The summed E-state index contributed by atoms with van der Waals surface area (Å²) in [6.45, 7) is 0. The van der Waals surface area contributed by atoms with Gasteiger partial charge in [-0.15, -0.1) is 52.1 Å². The Morgan fingerprint density at radius 3 is 2.25 bits per heavy atom. The van der Waals surface area contributed by atoms with Gasteiger partial charge in [0.1, 0.15) is 0 Å². The van der Waals surface area contributed by atoms with E-state index in [0.29, 0.717) is 11.8 Å². The van der Waals surface area contributed by atoms with Crippen molar-refractivity contribution in [3.05, 3.63) is 11.8 Å². The molecule has 0 N–H and O–H groups in total. The van der Waals surface area contributed by atoms with Crippen LogP contribution in [0.3, 0.4) is 0 Å². The van der Waals surface area contributed by atoms with Gasteiger partial charge in [0.05, 0.1) is 0 Å². The normalized spacial score (nSPS) is 17.0. The second kappa shape index (κ2) is 12.8. The minimum Gasteiger partial charge on any atom is -0.125 e. The summed E-state index contributed by atoms with van der Waals surface area (Å²) in [4.78, 5) is 0. The second-order valence-electron chi connectivity index (χ2n) is 3.84. The zero-order valence-corrected chi connectivity index (χ0v) is 15.3. The van der Waals surface area contributed by atoms with Gasteiger partial charge in [0.25, 0.3) is 0 Å². The van der Waals surface area contributed by atoms with E-state index >= 15 is 0 Å². The van der Waals surface area contributed by atoms with Gasteiger partial charge in [0.2, 0.25) is 0 Å². The van der Waals surface area contributed by atoms with Crippen LogP contribution in [0.15, 0.2) is 11.8 Å². The standard InChI is InChI=1S/C10H20Cl4Si2/c11-5-9(13)7-15-3-1-2-4-16-8-10(14)6-12/h1,3,9-10H,2,4-8,15-16H2. The van der Waals surface area contributed by atoms with Gasteiger partial charge >= 0.3 is 0 Å². The van der Waals surface area contributed by atoms with Crippen LogP contribution in [0.5, 0.6) is 0 Å². The van der Waals surface area contributed by atoms with E-state index in [2.05, 4.69) is 11.8 Å². The van der Waals surface area contributed by atoms with Gasteiger partial charge in [-0.25, -0.2) is 0 Å². The Hall–Kier alpha value is 1.33. The highest BCUT2D eigenvalue weighted by molar-refractivity contribution is 6.45. The van der Waals surface area contributed by atoms with Crippen LogP contribution in [0.1, 0.15) is 6.42 Å². The van der Waals surface area contributed by atoms with Crippen LogP contribution in [-0.4, -0.2) is 41.6 Å². The number of hydrogen-bond acceptors (Lipinski definition) is 0. The van der Waals surface area contributed by atoms with Crippen molar-refractivity contribution in [1.29, 1.82) is 0 Å². The molecule has 16 heavy (non-hydrogen) atoms. The molecule has 0 aromatic carbocycles. The molecule has 0 rings (SSSR count). The summed E-state index contributed by atoms with van der Waals surface area (Å²) in [7, 11) is -0.131. The lowest BCUT2D eigenvalue weighted by Gasteiger charge is -2.02. The summed E-state index contributed by atoms with van der Waals surface area (Å²) >= 11 is 23.1. The lowest BCUT2D eigenvalue weighted by Crippen LogP contribution is -2.04. The minimum atomic E-state index is -0.130. The first-order valence-corrected chi connectivity index (χ1v) is 11.5. The van der Waals surface area contributed by atoms with Gasteiger partial charge in [-0.1, -0.05) is 12.1 Å². The highest BCUT2D eigenvalue weighted by atomic mass is 35.5. The van der Waals surface area contributed by atoms with E-state index in [9.17, 15) is 0 Å². The molecule has 0 aliphatic rings. The van der Waals surface area contributed by atoms with E-state index in [-0.39, 0.29) is 29.8 Å². The molecule has 0 nitrogen and oxygen atoms in total. The van der Waals surface area contributed by atoms with Crippen molar-refractivity contribution < 1.29 is 0 Å². The molecule has 0 aliphatic heterocycles. The number of allylic oxidation sites excluding steroid dienone is 1. The predicted octanol–water partition coefficient (Wildman–Crippen LogP) is 3.18. The van der Waals surface area contributed by atoms with Crippen molar-refractivity contribution in [1.82, 2.24) is 0 Å². The molecule has 0 amide bonds. The minimum absolute atomic E-state index is 0.000806. The Morgan fingerprint density at radius 1 is 1.00 bits per heavy atom. The van der Waals surface area contributed by atoms with Crippen LogP contribution in [0.2, 0.25) is 18.1 Å². The molecular weight excluding hydrogens is 318 g/mol. The van der Waals surface area contributed by atoms with Crippen molar-refractivity contribution in [3.8, 4) is 0 Å². The fourth-order valence-electron chi connectivity index (χ4n) is 1.30. The summed E-state index contributed by atoms with van der Waals surface area (Å²) < 4.78 is 0. The first kappa shape index (κ1) is 17.3. The van der Waals surface area contributed by atoms with E-state index in [1.807, 2.05) is 0 Å². The SMILES string of the molecule is ClCC(Cl)C[SiH2]C=CCC[SiH2]CC(Cl)CCl. The highest BCUT2D eigenvalue weighted by Crippen LogP contribution is 2.07. The quantitative estimate of drug-likeness (QED) is 0.326. The predicted molar refractivity (Wildman–Crippen MR) is 86.0 cm³/mol. The zero-order valence-electron chi connectivity index (χ0n) is 9.48. The van der Waals surface area contributed by atoms with Crippen molar-refractivity contribution in [3.63, 3.8) is 0 Å². The molecule has 2 unspecified atom stereocenters. The molecule has 0 saturated heterocycles. The van der Waals surface area contributed by atoms with E-state index in [0.717, 1.165) is 12.1 Å². The van der Waals surface area contributed by atoms with Crippen LogP contribution < -0.4 is 0 Å². The molecule has 0 bridgehead atoms. The zero-order chi connectivity index (χ0) is 12.2. The molecule has 0 radical (unpaired) electrons. The Bertz CT molecular complexity index is 178. The van der Waals surface area contributed by atoms with Gasteiger partial charge in [0, 0.05) is 41.6 Å². The molecule has 0 fully saturated rings. The summed E-state index contributed by atoms with van der Waals surface area (Å²) in [5.74, 6) is 1.16. The fraction of sp³-hybridized carbons (Fsp3) is 0.800. The number of alkyl halides is 4. The maximum absolute atomic E-state index is 5.94. The van der Waals surface area contributed by atoms with Gasteiger partial charge in [-0.05, 0) is 18.5 Å². The molecule has 96 valence electrons. The van der Waals surface area contributed by atoms with Crippen LogP contribution >= 0.6 is 46.4 Å². The summed E-state index contributed by atoms with van der Waals surface area (Å²) in [6.07, 6.45) is 3.51. The maximum Gasteiger partial charge on any atom is 0.0464 e. The fourth-order valence-corrected chi connectivity index (χ4v) is 5.65. The van der Waals surface area contributed by atoms with Crippen LogP contribution in [0.25, 0.3) is 0 Å². The van der Waals surface area contributed by atoms with Gasteiger partial charge < -0.3 is 0 Å². The molecular formula is C10H20Cl4Si2. The van der Waals surface area contributed by atoms with Gasteiger partial charge in [-0.2, -0.15) is 0 Å². The molecule has 2 atom stereocenters. The first-order chi connectivity index (χ1) is 7.70. The lowest BCUT2D eigenvalue weighted by molar-refractivity contribution is 1.07. The maximum atomic E-state index is 5.94. The average molecular weight is 338 g/mol. The Labute approximate surface area is 124 Å². The largest absolute Gasteiger partial charge is 0.125 e. The van der Waals surface area contributed by atoms with Crippen molar-refractivity contribution in [2.45, 2.75) is 35.3 Å². The van der Waals surface area contributed by atoms with Crippen LogP contribution in [0, 0.1) is 0 Å². The average Bonchev–Trinajstić information content (AvgIpc) is 2.31. The highest BCUT2D eigenvalue weighted by Gasteiger charge is 2.01. The molecule has 0 aromatic rings. The van der Waals surface area contributed by atoms with Gasteiger partial charge in [-0.3, -0.25) is 0 Å². The van der Waals surface area contributed by atoms with E-state index in [4.69, 9.17) is 46.4 Å². The first-order valence-electron chi connectivity index (χ1n) is 5.75. The molecule has 0 spiro atoms. The summed E-state index contributed by atoms with van der Waals surface area (Å²) in [5, 5.41) is 0.375. The van der Waals surface area contributed by atoms with Crippen LogP contribution in [-0.2, 0) is 0 Å². The van der Waals surface area contributed by atoms with Crippen molar-refractivity contribution in [2.24, 2.45) is 0 Å². The topological polar surface area (TPSA) is 0 Å². The lowest BCUT2D eigenvalue weighted by atomic mass is 10.5. The molecule has 0 heterocycles. The number of rotatable bonds is 10. The van der Waals surface area contributed by atoms with Crippen molar-refractivity contribution >= 4 is 65.4 Å². The van der Waals surface area contributed by atoms with E-state index in [1.54, 1.807) is 0 Å². The Morgan fingerprint density at radius 2 is 1.62 bits per heavy atom. The molecule has 6 heteroatoms. The van der Waals surface area contributed by atoms with Gasteiger partial charge in [0.15, 0.2) is 0 Å². The third-order valence-electron chi connectivity index (χ3n) is 2.29.